The van der Waals surface area contributed by atoms with E-state index < -0.39 is 11.8 Å². The van der Waals surface area contributed by atoms with E-state index in [4.69, 9.17) is 9.47 Å². The van der Waals surface area contributed by atoms with Crippen molar-refractivity contribution in [1.29, 1.82) is 0 Å². The third-order valence-corrected chi connectivity index (χ3v) is 2.94. The van der Waals surface area contributed by atoms with Crippen LogP contribution in [-0.2, 0) is 9.53 Å². The van der Waals surface area contributed by atoms with Crippen molar-refractivity contribution >= 4 is 17.4 Å². The average molecular weight is 313 g/mol. The molecule has 0 amide bonds. The second-order valence-electron chi connectivity index (χ2n) is 4.56. The van der Waals surface area contributed by atoms with Crippen LogP contribution in [0, 0.1) is 5.82 Å². The number of hydrogen-bond donors (Lipinski definition) is 0. The Morgan fingerprint density at radius 1 is 1.26 bits per heavy atom. The highest BCUT2D eigenvalue weighted by atomic mass is 19.1. The third-order valence-electron chi connectivity index (χ3n) is 2.94. The maximum atomic E-state index is 13.4. The zero-order valence-corrected chi connectivity index (χ0v) is 12.7. The van der Waals surface area contributed by atoms with E-state index in [1.807, 2.05) is 0 Å². The summed E-state index contributed by atoms with van der Waals surface area (Å²) in [5.41, 5.74) is 0.895. The number of hydrogen-bond acceptors (Lipinski definition) is 4. The molecule has 0 heterocycles. The van der Waals surface area contributed by atoms with Gasteiger partial charge in [-0.3, -0.25) is 0 Å². The number of carbonyl (C=O) groups is 1. The first-order valence-corrected chi connectivity index (χ1v) is 6.90. The van der Waals surface area contributed by atoms with Crippen LogP contribution in [0.25, 0.3) is 0 Å². The van der Waals surface area contributed by atoms with E-state index in [1.165, 1.54) is 24.3 Å². The van der Waals surface area contributed by atoms with Gasteiger partial charge in [-0.25, -0.2) is 14.2 Å². The van der Waals surface area contributed by atoms with Gasteiger partial charge in [-0.15, -0.1) is 0 Å². The summed E-state index contributed by atoms with van der Waals surface area (Å²) in [5.74, 6) is -0.432. The van der Waals surface area contributed by atoms with Crippen LogP contribution in [0.15, 0.2) is 66.2 Å². The summed E-state index contributed by atoms with van der Waals surface area (Å²) in [6.07, 6.45) is 1.45. The molecule has 2 aromatic rings. The zero-order valence-electron chi connectivity index (χ0n) is 12.7. The third kappa shape index (κ3) is 4.51. The normalized spacial score (nSPS) is 11.0. The van der Waals surface area contributed by atoms with Crippen molar-refractivity contribution in [2.24, 2.45) is 4.99 Å². The fraction of sp³-hybridized carbons (Fsp3) is 0.111. The molecule has 0 bridgehead atoms. The zero-order chi connectivity index (χ0) is 16.7. The molecule has 5 heteroatoms. The van der Waals surface area contributed by atoms with Gasteiger partial charge in [0.1, 0.15) is 18.2 Å². The quantitative estimate of drug-likeness (QED) is 0.464. The molecular weight excluding hydrogens is 297 g/mol. The van der Waals surface area contributed by atoms with Crippen LogP contribution < -0.4 is 4.74 Å². The second kappa shape index (κ2) is 7.89. The second-order valence-corrected chi connectivity index (χ2v) is 4.56. The average Bonchev–Trinajstić information content (AvgIpc) is 2.58. The summed E-state index contributed by atoms with van der Waals surface area (Å²) in [5, 5.41) is 0. The molecule has 0 unspecified atom stereocenters. The fourth-order valence-corrected chi connectivity index (χ4v) is 1.85. The lowest BCUT2D eigenvalue weighted by molar-refractivity contribution is -0.134. The molecular formula is C18H16FNO3. The van der Waals surface area contributed by atoms with Crippen molar-refractivity contribution < 1.29 is 18.7 Å². The van der Waals surface area contributed by atoms with Gasteiger partial charge in [0.2, 0.25) is 0 Å². The van der Waals surface area contributed by atoms with Gasteiger partial charge in [-0.1, -0.05) is 24.8 Å². The molecule has 0 saturated heterocycles. The number of halogens is 1. The summed E-state index contributed by atoms with van der Waals surface area (Å²) in [7, 11) is 1.56. The summed E-state index contributed by atoms with van der Waals surface area (Å²) < 4.78 is 23.5. The lowest BCUT2D eigenvalue weighted by atomic mass is 10.1. The first-order valence-electron chi connectivity index (χ1n) is 6.90. The number of carbonyl (C=O) groups excluding carboxylic acids is 1. The SMILES string of the molecule is C=CCOC(=O)C(=Nc1ccc(OC)cc1)c1cccc(F)c1. The Morgan fingerprint density at radius 3 is 2.61 bits per heavy atom. The molecule has 0 radical (unpaired) electrons. The minimum absolute atomic E-state index is 0.0246. The van der Waals surface area contributed by atoms with Crippen molar-refractivity contribution in [3.05, 3.63) is 72.6 Å². The van der Waals surface area contributed by atoms with Gasteiger partial charge in [-0.2, -0.15) is 0 Å². The van der Waals surface area contributed by atoms with Crippen molar-refractivity contribution in [2.75, 3.05) is 13.7 Å². The van der Waals surface area contributed by atoms with Gasteiger partial charge < -0.3 is 9.47 Å². The number of esters is 1. The molecule has 0 spiro atoms. The van der Waals surface area contributed by atoms with Crippen molar-refractivity contribution in [1.82, 2.24) is 0 Å². The van der Waals surface area contributed by atoms with E-state index in [1.54, 1.807) is 37.4 Å². The highest BCUT2D eigenvalue weighted by molar-refractivity contribution is 6.43. The summed E-state index contributed by atoms with van der Waals surface area (Å²) in [4.78, 5) is 16.5. The van der Waals surface area contributed by atoms with Crippen LogP contribution in [0.3, 0.4) is 0 Å². The van der Waals surface area contributed by atoms with Crippen molar-refractivity contribution in [3.8, 4) is 5.75 Å². The van der Waals surface area contributed by atoms with Crippen LogP contribution in [0.4, 0.5) is 10.1 Å². The molecule has 118 valence electrons. The van der Waals surface area contributed by atoms with Crippen LogP contribution in [0.2, 0.25) is 0 Å². The van der Waals surface area contributed by atoms with Crippen LogP contribution >= 0.6 is 0 Å². The fourth-order valence-electron chi connectivity index (χ4n) is 1.85. The first-order chi connectivity index (χ1) is 11.1. The number of benzene rings is 2. The maximum absolute atomic E-state index is 13.4. The van der Waals surface area contributed by atoms with Crippen LogP contribution in [-0.4, -0.2) is 25.4 Å². The van der Waals surface area contributed by atoms with Gasteiger partial charge in [0.15, 0.2) is 5.71 Å². The molecule has 0 fully saturated rings. The summed E-state index contributed by atoms with van der Waals surface area (Å²) in [6.45, 7) is 3.54. The Kier molecular flexibility index (Phi) is 5.63. The lowest BCUT2D eigenvalue weighted by Gasteiger charge is -2.07. The molecule has 0 saturated carbocycles. The first kappa shape index (κ1) is 16.4. The Bertz CT molecular complexity index is 723. The number of rotatable bonds is 6. The monoisotopic (exact) mass is 313 g/mol. The van der Waals surface area contributed by atoms with E-state index >= 15 is 0 Å². The van der Waals surface area contributed by atoms with E-state index in [-0.39, 0.29) is 12.3 Å². The minimum atomic E-state index is -0.647. The highest BCUT2D eigenvalue weighted by Gasteiger charge is 2.16. The molecule has 2 rings (SSSR count). The number of nitrogens with zero attached hydrogens (tertiary/aromatic N) is 1. The predicted molar refractivity (Wildman–Crippen MR) is 86.7 cm³/mol. The Morgan fingerprint density at radius 2 is 2.00 bits per heavy atom. The molecule has 0 aliphatic rings. The van der Waals surface area contributed by atoms with Gasteiger partial charge in [0.25, 0.3) is 0 Å². The van der Waals surface area contributed by atoms with Gasteiger partial charge in [-0.05, 0) is 36.4 Å². The largest absolute Gasteiger partial charge is 0.497 e. The number of ether oxygens (including phenoxy) is 2. The molecule has 0 aliphatic heterocycles. The van der Waals surface area contributed by atoms with Crippen LogP contribution in [0.1, 0.15) is 5.56 Å². The summed E-state index contributed by atoms with van der Waals surface area (Å²) in [6, 6.07) is 12.5. The Labute approximate surface area is 133 Å². The van der Waals surface area contributed by atoms with E-state index in [9.17, 15) is 9.18 Å². The molecule has 4 nitrogen and oxygen atoms in total. The van der Waals surface area contributed by atoms with Gasteiger partial charge in [0.05, 0.1) is 12.8 Å². The predicted octanol–water partition coefficient (Wildman–Crippen LogP) is 3.68. The molecule has 2 aromatic carbocycles. The topological polar surface area (TPSA) is 47.9 Å². The number of methoxy groups -OCH3 is 1. The molecule has 0 atom stereocenters. The van der Waals surface area contributed by atoms with Crippen molar-refractivity contribution in [3.63, 3.8) is 0 Å². The maximum Gasteiger partial charge on any atom is 0.357 e. The Balaban J connectivity index is 2.40. The van der Waals surface area contributed by atoms with Gasteiger partial charge >= 0.3 is 5.97 Å². The van der Waals surface area contributed by atoms with Gasteiger partial charge in [0, 0.05) is 5.56 Å². The van der Waals surface area contributed by atoms with Crippen molar-refractivity contribution in [2.45, 2.75) is 0 Å². The Hall–Kier alpha value is -2.95. The molecule has 0 aromatic heterocycles. The van der Waals surface area contributed by atoms with E-state index in [0.29, 0.717) is 17.0 Å². The smallest absolute Gasteiger partial charge is 0.357 e. The molecule has 23 heavy (non-hydrogen) atoms. The minimum Gasteiger partial charge on any atom is -0.497 e. The van der Waals surface area contributed by atoms with E-state index in [2.05, 4.69) is 11.6 Å². The van der Waals surface area contributed by atoms with Crippen LogP contribution in [0.5, 0.6) is 5.75 Å². The standard InChI is InChI=1S/C18H16FNO3/c1-3-11-23-18(21)17(13-5-4-6-14(19)12-13)20-15-7-9-16(22-2)10-8-15/h3-10,12H,1,11H2,2H3. The highest BCUT2D eigenvalue weighted by Crippen LogP contribution is 2.19. The molecule has 0 N–H and O–H groups in total. The van der Waals surface area contributed by atoms with E-state index in [0.717, 1.165) is 0 Å². The molecule has 0 aliphatic carbocycles. The number of aliphatic imine (C=N–C) groups is 1. The lowest BCUT2D eigenvalue weighted by Crippen LogP contribution is -2.19. The summed E-state index contributed by atoms with van der Waals surface area (Å²) >= 11 is 0.